The Morgan fingerprint density at radius 1 is 1.67 bits per heavy atom. The third kappa shape index (κ3) is 1.41. The highest BCUT2D eigenvalue weighted by molar-refractivity contribution is 4.95. The Balaban J connectivity index is 2.27. The molecule has 0 aromatic rings. The van der Waals surface area contributed by atoms with Crippen LogP contribution in [-0.2, 0) is 0 Å². The van der Waals surface area contributed by atoms with Crippen molar-refractivity contribution < 1.29 is 10.2 Å². The molecule has 2 unspecified atom stereocenters. The van der Waals surface area contributed by atoms with E-state index in [-0.39, 0.29) is 18.1 Å². The van der Waals surface area contributed by atoms with Crippen molar-refractivity contribution >= 4 is 0 Å². The molecule has 0 aromatic carbocycles. The van der Waals surface area contributed by atoms with Gasteiger partial charge in [-0.25, -0.2) is 0 Å². The molecule has 3 nitrogen and oxygen atoms in total. The fourth-order valence-electron chi connectivity index (χ4n) is 0.972. The van der Waals surface area contributed by atoms with Crippen LogP contribution in [0.5, 0.6) is 0 Å². The minimum Gasteiger partial charge on any atom is -0.393 e. The second kappa shape index (κ2) is 2.25. The summed E-state index contributed by atoms with van der Waals surface area (Å²) < 4.78 is 0. The normalized spacial score (nSPS) is 40.0. The number of hydrogen-bond acceptors (Lipinski definition) is 3. The Morgan fingerprint density at radius 2 is 2.11 bits per heavy atom. The minimum absolute atomic E-state index is 0.144. The van der Waals surface area contributed by atoms with Crippen molar-refractivity contribution in [2.75, 3.05) is 0 Å². The molecule has 1 aliphatic carbocycles. The Hall–Kier alpha value is -0.120. The zero-order valence-electron chi connectivity index (χ0n) is 5.49. The molecule has 1 rings (SSSR count). The minimum atomic E-state index is -0.493. The van der Waals surface area contributed by atoms with E-state index in [2.05, 4.69) is 0 Å². The molecule has 1 fully saturated rings. The molecule has 0 amide bonds. The van der Waals surface area contributed by atoms with E-state index in [1.54, 1.807) is 6.92 Å². The van der Waals surface area contributed by atoms with E-state index >= 15 is 0 Å². The standard InChI is InChI=1S/C6H13NO2/c1-3(8)6(7)4-2-5(4)9/h3-6,8-9H,2,7H2,1H3/t3-,4?,5?,6+/m1/s1. The van der Waals surface area contributed by atoms with Gasteiger partial charge in [0, 0.05) is 12.0 Å². The second-order valence-electron chi connectivity index (χ2n) is 2.78. The van der Waals surface area contributed by atoms with Gasteiger partial charge in [0.15, 0.2) is 0 Å². The maximum atomic E-state index is 8.91. The van der Waals surface area contributed by atoms with E-state index in [4.69, 9.17) is 15.9 Å². The topological polar surface area (TPSA) is 66.5 Å². The van der Waals surface area contributed by atoms with Crippen LogP contribution in [0.4, 0.5) is 0 Å². The molecule has 0 heterocycles. The summed E-state index contributed by atoms with van der Waals surface area (Å²) in [6.45, 7) is 1.65. The first-order valence-corrected chi connectivity index (χ1v) is 3.24. The van der Waals surface area contributed by atoms with Gasteiger partial charge in [-0.3, -0.25) is 0 Å². The van der Waals surface area contributed by atoms with Crippen LogP contribution < -0.4 is 5.73 Å². The molecular formula is C6H13NO2. The van der Waals surface area contributed by atoms with Crippen molar-refractivity contribution in [3.05, 3.63) is 0 Å². The fourth-order valence-corrected chi connectivity index (χ4v) is 0.972. The largest absolute Gasteiger partial charge is 0.393 e. The Kier molecular flexibility index (Phi) is 1.75. The predicted octanol–water partition coefficient (Wildman–Crippen LogP) is -0.925. The molecule has 0 spiro atoms. The van der Waals surface area contributed by atoms with Gasteiger partial charge in [-0.1, -0.05) is 0 Å². The van der Waals surface area contributed by atoms with Crippen LogP contribution in [0, 0.1) is 5.92 Å². The summed E-state index contributed by atoms with van der Waals surface area (Å²) in [4.78, 5) is 0. The maximum absolute atomic E-state index is 8.91. The summed E-state index contributed by atoms with van der Waals surface area (Å²) in [5.41, 5.74) is 5.50. The van der Waals surface area contributed by atoms with Crippen molar-refractivity contribution in [2.45, 2.75) is 31.6 Å². The third-order valence-electron chi connectivity index (χ3n) is 1.86. The summed E-state index contributed by atoms with van der Waals surface area (Å²) in [7, 11) is 0. The van der Waals surface area contributed by atoms with Crippen LogP contribution in [0.25, 0.3) is 0 Å². The quantitative estimate of drug-likeness (QED) is 0.454. The van der Waals surface area contributed by atoms with Crippen molar-refractivity contribution in [1.29, 1.82) is 0 Å². The van der Waals surface area contributed by atoms with E-state index in [1.165, 1.54) is 0 Å². The van der Waals surface area contributed by atoms with E-state index in [1.807, 2.05) is 0 Å². The van der Waals surface area contributed by atoms with Crippen molar-refractivity contribution in [2.24, 2.45) is 11.7 Å². The molecule has 4 atom stereocenters. The zero-order valence-corrected chi connectivity index (χ0v) is 5.49. The van der Waals surface area contributed by atoms with Crippen LogP contribution in [0.3, 0.4) is 0 Å². The average Bonchev–Trinajstić information content (AvgIpc) is 2.44. The van der Waals surface area contributed by atoms with Crippen LogP contribution in [0.2, 0.25) is 0 Å². The monoisotopic (exact) mass is 131 g/mol. The number of nitrogens with two attached hydrogens (primary N) is 1. The predicted molar refractivity (Wildman–Crippen MR) is 33.8 cm³/mol. The number of aliphatic hydroxyl groups excluding tert-OH is 2. The fraction of sp³-hybridized carbons (Fsp3) is 1.00. The molecule has 0 aliphatic heterocycles. The first-order valence-electron chi connectivity index (χ1n) is 3.24. The van der Waals surface area contributed by atoms with Crippen LogP contribution >= 0.6 is 0 Å². The summed E-state index contributed by atoms with van der Waals surface area (Å²) in [6.07, 6.45) is 0.00764. The van der Waals surface area contributed by atoms with Gasteiger partial charge in [0.1, 0.15) is 0 Å². The highest BCUT2D eigenvalue weighted by Gasteiger charge is 2.41. The Labute approximate surface area is 54.5 Å². The highest BCUT2D eigenvalue weighted by atomic mass is 16.3. The molecule has 1 saturated carbocycles. The lowest BCUT2D eigenvalue weighted by Crippen LogP contribution is -2.35. The second-order valence-corrected chi connectivity index (χ2v) is 2.78. The molecule has 0 radical (unpaired) electrons. The number of rotatable bonds is 2. The molecule has 3 heteroatoms. The Bertz CT molecular complexity index is 105. The molecule has 0 aromatic heterocycles. The van der Waals surface area contributed by atoms with Gasteiger partial charge >= 0.3 is 0 Å². The third-order valence-corrected chi connectivity index (χ3v) is 1.86. The lowest BCUT2D eigenvalue weighted by atomic mass is 10.1. The number of hydrogen-bond donors (Lipinski definition) is 3. The van der Waals surface area contributed by atoms with Crippen molar-refractivity contribution in [1.82, 2.24) is 0 Å². The van der Waals surface area contributed by atoms with Crippen molar-refractivity contribution in [3.63, 3.8) is 0 Å². The van der Waals surface area contributed by atoms with Crippen LogP contribution in [0.1, 0.15) is 13.3 Å². The lowest BCUT2D eigenvalue weighted by Gasteiger charge is -2.12. The van der Waals surface area contributed by atoms with Crippen LogP contribution in [0.15, 0.2) is 0 Å². The SMILES string of the molecule is C[C@@H](O)[C@H](N)C1CC1O. The molecule has 9 heavy (non-hydrogen) atoms. The molecule has 0 bridgehead atoms. The van der Waals surface area contributed by atoms with Crippen LogP contribution in [-0.4, -0.2) is 28.5 Å². The van der Waals surface area contributed by atoms with Gasteiger partial charge < -0.3 is 15.9 Å². The number of aliphatic hydroxyl groups is 2. The Morgan fingerprint density at radius 3 is 2.22 bits per heavy atom. The van der Waals surface area contributed by atoms with Gasteiger partial charge in [-0.15, -0.1) is 0 Å². The van der Waals surface area contributed by atoms with Gasteiger partial charge in [0.25, 0.3) is 0 Å². The summed E-state index contributed by atoms with van der Waals surface area (Å²) in [5.74, 6) is 0.144. The molecule has 4 N–H and O–H groups in total. The summed E-state index contributed by atoms with van der Waals surface area (Å²) in [5, 5.41) is 17.8. The van der Waals surface area contributed by atoms with E-state index in [0.29, 0.717) is 0 Å². The zero-order chi connectivity index (χ0) is 7.02. The molecular weight excluding hydrogens is 118 g/mol. The summed E-state index contributed by atoms with van der Waals surface area (Å²) >= 11 is 0. The maximum Gasteiger partial charge on any atom is 0.0666 e. The highest BCUT2D eigenvalue weighted by Crippen LogP contribution is 2.33. The lowest BCUT2D eigenvalue weighted by molar-refractivity contribution is 0.139. The van der Waals surface area contributed by atoms with Crippen molar-refractivity contribution in [3.8, 4) is 0 Å². The average molecular weight is 131 g/mol. The van der Waals surface area contributed by atoms with Gasteiger partial charge in [-0.2, -0.15) is 0 Å². The smallest absolute Gasteiger partial charge is 0.0666 e. The van der Waals surface area contributed by atoms with E-state index < -0.39 is 6.10 Å². The first-order chi connectivity index (χ1) is 4.13. The van der Waals surface area contributed by atoms with E-state index in [0.717, 1.165) is 6.42 Å². The molecule has 0 saturated heterocycles. The van der Waals surface area contributed by atoms with Gasteiger partial charge in [0.05, 0.1) is 12.2 Å². The van der Waals surface area contributed by atoms with E-state index in [9.17, 15) is 0 Å². The molecule has 1 aliphatic rings. The summed E-state index contributed by atoms with van der Waals surface area (Å²) in [6, 6.07) is -0.236. The molecule has 54 valence electrons. The first kappa shape index (κ1) is 6.99. The van der Waals surface area contributed by atoms with Gasteiger partial charge in [-0.05, 0) is 13.3 Å². The van der Waals surface area contributed by atoms with Gasteiger partial charge in [0.2, 0.25) is 0 Å².